The number of nitrogens with one attached hydrogen (secondary N) is 2. The number of nitrogens with zero attached hydrogens (tertiary/aromatic N) is 1. The van der Waals surface area contributed by atoms with Crippen molar-refractivity contribution >= 4 is 29.9 Å². The van der Waals surface area contributed by atoms with Crippen molar-refractivity contribution in [2.75, 3.05) is 19.6 Å². The molecule has 0 saturated heterocycles. The van der Waals surface area contributed by atoms with Gasteiger partial charge in [0.1, 0.15) is 22.9 Å². The number of rotatable bonds is 7. The van der Waals surface area contributed by atoms with Crippen LogP contribution < -0.4 is 10.6 Å². The Labute approximate surface area is 166 Å². The summed E-state index contributed by atoms with van der Waals surface area (Å²) in [7, 11) is 0. The van der Waals surface area contributed by atoms with Crippen LogP contribution in [0.25, 0.3) is 0 Å². The highest BCUT2D eigenvalue weighted by Crippen LogP contribution is 2.27. The molecule has 7 heteroatoms. The van der Waals surface area contributed by atoms with Crippen LogP contribution >= 0.6 is 24.0 Å². The van der Waals surface area contributed by atoms with Gasteiger partial charge in [-0.15, -0.1) is 24.0 Å². The molecule has 2 heterocycles. The Kier molecular flexibility index (Phi) is 8.51. The van der Waals surface area contributed by atoms with Gasteiger partial charge in [0, 0.05) is 25.1 Å². The summed E-state index contributed by atoms with van der Waals surface area (Å²) in [4.78, 5) is 4.50. The Morgan fingerprint density at radius 1 is 1.32 bits per heavy atom. The van der Waals surface area contributed by atoms with Gasteiger partial charge in [0.2, 0.25) is 0 Å². The molecule has 0 saturated carbocycles. The number of guanidine groups is 1. The lowest BCUT2D eigenvalue weighted by Gasteiger charge is -2.21. The molecule has 2 aromatic heterocycles. The molecule has 0 aliphatic rings. The van der Waals surface area contributed by atoms with Crippen molar-refractivity contribution in [3.8, 4) is 0 Å². The van der Waals surface area contributed by atoms with Gasteiger partial charge in [-0.2, -0.15) is 0 Å². The van der Waals surface area contributed by atoms with Crippen LogP contribution in [0.1, 0.15) is 36.7 Å². The van der Waals surface area contributed by atoms with Gasteiger partial charge in [-0.25, -0.2) is 4.99 Å². The van der Waals surface area contributed by atoms with Crippen molar-refractivity contribution in [3.63, 3.8) is 0 Å². The average molecular weight is 461 g/mol. The van der Waals surface area contributed by atoms with Gasteiger partial charge in [-0.3, -0.25) is 0 Å². The van der Waals surface area contributed by atoms with Crippen molar-refractivity contribution < 1.29 is 13.9 Å². The highest BCUT2D eigenvalue weighted by Gasteiger charge is 2.27. The minimum Gasteiger partial charge on any atom is -0.469 e. The molecule has 0 aliphatic carbocycles. The predicted molar refractivity (Wildman–Crippen MR) is 110 cm³/mol. The largest absolute Gasteiger partial charge is 0.469 e. The van der Waals surface area contributed by atoms with Crippen molar-refractivity contribution in [2.45, 2.75) is 39.7 Å². The van der Waals surface area contributed by atoms with Crippen molar-refractivity contribution in [3.05, 3.63) is 47.3 Å². The molecule has 0 fully saturated rings. The highest BCUT2D eigenvalue weighted by atomic mass is 127. The standard InChI is InChI=1S/C18H27N3O3.HI/c1-5-19-17(20-9-8-15-7-6-10-23-15)21-12-18(4,22)16-11-13(2)24-14(16)3;/h6-7,10-11,22H,5,8-9,12H2,1-4H3,(H2,19,20,21);1H. The summed E-state index contributed by atoms with van der Waals surface area (Å²) in [5.41, 5.74) is -0.305. The van der Waals surface area contributed by atoms with Gasteiger partial charge in [0.15, 0.2) is 5.96 Å². The quantitative estimate of drug-likeness (QED) is 0.336. The first kappa shape index (κ1) is 21.6. The minimum atomic E-state index is -1.08. The molecule has 0 spiro atoms. The second kappa shape index (κ2) is 9.86. The molecule has 140 valence electrons. The van der Waals surface area contributed by atoms with Crippen LogP contribution in [0, 0.1) is 13.8 Å². The van der Waals surface area contributed by atoms with Crippen molar-refractivity contribution in [1.82, 2.24) is 10.6 Å². The lowest BCUT2D eigenvalue weighted by Crippen LogP contribution is -2.39. The third-order valence-electron chi connectivity index (χ3n) is 3.75. The van der Waals surface area contributed by atoms with Crippen LogP contribution in [-0.2, 0) is 12.0 Å². The van der Waals surface area contributed by atoms with E-state index in [9.17, 15) is 5.11 Å². The second-order valence-electron chi connectivity index (χ2n) is 6.05. The Morgan fingerprint density at radius 2 is 2.08 bits per heavy atom. The number of hydrogen-bond acceptors (Lipinski definition) is 4. The number of aliphatic hydroxyl groups is 1. The molecule has 0 radical (unpaired) electrons. The van der Waals surface area contributed by atoms with E-state index in [1.807, 2.05) is 39.0 Å². The predicted octanol–water partition coefficient (Wildman–Crippen LogP) is 3.11. The molecule has 1 atom stereocenters. The van der Waals surface area contributed by atoms with Crippen LogP contribution in [0.3, 0.4) is 0 Å². The van der Waals surface area contributed by atoms with Crippen molar-refractivity contribution in [1.29, 1.82) is 0 Å². The summed E-state index contributed by atoms with van der Waals surface area (Å²) in [5.74, 6) is 3.11. The molecule has 2 rings (SSSR count). The smallest absolute Gasteiger partial charge is 0.191 e. The van der Waals surface area contributed by atoms with Crippen LogP contribution in [-0.4, -0.2) is 30.7 Å². The van der Waals surface area contributed by atoms with Crippen LogP contribution in [0.2, 0.25) is 0 Å². The van der Waals surface area contributed by atoms with Crippen LogP contribution in [0.15, 0.2) is 38.3 Å². The van der Waals surface area contributed by atoms with Gasteiger partial charge < -0.3 is 24.6 Å². The zero-order valence-corrected chi connectivity index (χ0v) is 17.6. The van der Waals surface area contributed by atoms with E-state index in [2.05, 4.69) is 15.6 Å². The van der Waals surface area contributed by atoms with E-state index in [0.717, 1.165) is 35.8 Å². The van der Waals surface area contributed by atoms with Gasteiger partial charge >= 0.3 is 0 Å². The molecule has 2 aromatic rings. The van der Waals surface area contributed by atoms with E-state index >= 15 is 0 Å². The Balaban J connectivity index is 0.00000312. The Hall–Kier alpha value is -1.48. The fraction of sp³-hybridized carbons (Fsp3) is 0.500. The number of hydrogen-bond donors (Lipinski definition) is 3. The van der Waals surface area contributed by atoms with Gasteiger partial charge in [0.05, 0.1) is 12.8 Å². The van der Waals surface area contributed by atoms with Crippen LogP contribution in [0.5, 0.6) is 0 Å². The lowest BCUT2D eigenvalue weighted by atomic mass is 9.96. The van der Waals surface area contributed by atoms with E-state index < -0.39 is 5.60 Å². The zero-order chi connectivity index (χ0) is 17.6. The third-order valence-corrected chi connectivity index (χ3v) is 3.75. The maximum Gasteiger partial charge on any atom is 0.191 e. The first-order valence-electron chi connectivity index (χ1n) is 8.27. The summed E-state index contributed by atoms with van der Waals surface area (Å²) in [5, 5.41) is 17.2. The molecule has 0 bridgehead atoms. The SMILES string of the molecule is CCNC(=NCC(C)(O)c1cc(C)oc1C)NCCc1ccco1.I. The van der Waals surface area contributed by atoms with Crippen molar-refractivity contribution in [2.24, 2.45) is 4.99 Å². The molecule has 25 heavy (non-hydrogen) atoms. The average Bonchev–Trinajstić information content (AvgIpc) is 3.14. The maximum absolute atomic E-state index is 10.7. The number of aryl methyl sites for hydroxylation is 2. The minimum absolute atomic E-state index is 0. The normalized spacial score (nSPS) is 13.9. The number of halogens is 1. The molecule has 0 amide bonds. The summed E-state index contributed by atoms with van der Waals surface area (Å²) >= 11 is 0. The first-order chi connectivity index (χ1) is 11.4. The molecule has 3 N–H and O–H groups in total. The van der Waals surface area contributed by atoms with E-state index in [1.54, 1.807) is 13.2 Å². The Morgan fingerprint density at radius 3 is 2.64 bits per heavy atom. The van der Waals surface area contributed by atoms with Gasteiger partial charge in [-0.05, 0) is 45.9 Å². The summed E-state index contributed by atoms with van der Waals surface area (Å²) in [6.45, 7) is 9.17. The fourth-order valence-electron chi connectivity index (χ4n) is 2.58. The van der Waals surface area contributed by atoms with E-state index in [1.165, 1.54) is 0 Å². The Bertz CT molecular complexity index is 663. The zero-order valence-electron chi connectivity index (χ0n) is 15.3. The van der Waals surface area contributed by atoms with E-state index in [4.69, 9.17) is 8.83 Å². The molecular weight excluding hydrogens is 433 g/mol. The molecule has 0 aliphatic heterocycles. The van der Waals surface area contributed by atoms with Gasteiger partial charge in [0.25, 0.3) is 0 Å². The number of furan rings is 2. The summed E-state index contributed by atoms with van der Waals surface area (Å²) in [6.07, 6.45) is 2.44. The number of aliphatic imine (C=N–C) groups is 1. The highest BCUT2D eigenvalue weighted by molar-refractivity contribution is 14.0. The molecule has 6 nitrogen and oxygen atoms in total. The maximum atomic E-state index is 10.7. The van der Waals surface area contributed by atoms with E-state index in [0.29, 0.717) is 12.5 Å². The van der Waals surface area contributed by atoms with Gasteiger partial charge in [-0.1, -0.05) is 0 Å². The second-order valence-corrected chi connectivity index (χ2v) is 6.05. The third kappa shape index (κ3) is 6.39. The topological polar surface area (TPSA) is 82.9 Å². The molecule has 0 aromatic carbocycles. The fourth-order valence-corrected chi connectivity index (χ4v) is 2.58. The lowest BCUT2D eigenvalue weighted by molar-refractivity contribution is 0.0657. The van der Waals surface area contributed by atoms with E-state index in [-0.39, 0.29) is 30.5 Å². The summed E-state index contributed by atoms with van der Waals surface area (Å²) in [6, 6.07) is 5.68. The first-order valence-corrected chi connectivity index (χ1v) is 8.27. The molecule has 1 unspecified atom stereocenters. The summed E-state index contributed by atoms with van der Waals surface area (Å²) < 4.78 is 10.8. The monoisotopic (exact) mass is 461 g/mol. The van der Waals surface area contributed by atoms with Crippen LogP contribution in [0.4, 0.5) is 0 Å². The molecular formula is C18H28IN3O3.